The Kier molecular flexibility index (Phi) is 9.77. The number of nitrogens with zero attached hydrogens (tertiary/aromatic N) is 3. The first kappa shape index (κ1) is 27.4. The van der Waals surface area contributed by atoms with Crippen LogP contribution in [0.1, 0.15) is 32.6 Å². The predicted molar refractivity (Wildman–Crippen MR) is 147 cm³/mol. The van der Waals surface area contributed by atoms with Crippen LogP contribution in [0.2, 0.25) is 0 Å². The molecule has 0 aromatic rings. The van der Waals surface area contributed by atoms with Crippen molar-refractivity contribution < 1.29 is 14.3 Å². The van der Waals surface area contributed by atoms with E-state index in [0.29, 0.717) is 32.6 Å². The molecule has 0 aromatic heterocycles. The number of nitrogens with one attached hydrogen (secondary N) is 2. The fraction of sp³-hybridized carbons (Fsp3) is 0.586. The number of likely N-dealkylation sites (tertiary alicyclic amines) is 1. The number of carbonyl (C=O) groups is 2. The molecule has 2 saturated heterocycles. The highest BCUT2D eigenvalue weighted by molar-refractivity contribution is 5.95. The third-order valence-corrected chi connectivity index (χ3v) is 7.87. The van der Waals surface area contributed by atoms with Gasteiger partial charge in [-0.2, -0.15) is 0 Å². The number of allylic oxidation sites excluding steroid dienone is 4. The SMILES string of the molecule is C=CCN1C[C@H](C(=O)N(CCCN2CCOCC2)C(=O)NCC)C[C@@H]2C(=C)/C=C\C=C3/CC(=CN3)C[C@H]21. The van der Waals surface area contributed by atoms with E-state index in [4.69, 9.17) is 4.74 Å². The molecule has 3 atom stereocenters. The number of piperidine rings is 1. The lowest BCUT2D eigenvalue weighted by atomic mass is 9.75. The zero-order valence-corrected chi connectivity index (χ0v) is 22.3. The molecule has 2 bridgehead atoms. The number of morpholine rings is 1. The average Bonchev–Trinajstić information content (AvgIpc) is 3.34. The van der Waals surface area contributed by atoms with Gasteiger partial charge in [-0.25, -0.2) is 4.79 Å². The van der Waals surface area contributed by atoms with E-state index in [-0.39, 0.29) is 29.8 Å². The van der Waals surface area contributed by atoms with Crippen LogP contribution in [0.3, 0.4) is 0 Å². The summed E-state index contributed by atoms with van der Waals surface area (Å²) in [6, 6.07) is -0.0552. The highest BCUT2D eigenvalue weighted by Crippen LogP contribution is 2.38. The number of hydrogen-bond donors (Lipinski definition) is 2. The van der Waals surface area contributed by atoms with E-state index in [1.807, 2.05) is 13.0 Å². The van der Waals surface area contributed by atoms with E-state index in [2.05, 4.69) is 58.0 Å². The fourth-order valence-electron chi connectivity index (χ4n) is 5.95. The van der Waals surface area contributed by atoms with Crippen molar-refractivity contribution in [3.63, 3.8) is 0 Å². The minimum Gasteiger partial charge on any atom is -0.379 e. The zero-order valence-electron chi connectivity index (χ0n) is 22.3. The molecule has 0 radical (unpaired) electrons. The van der Waals surface area contributed by atoms with E-state index < -0.39 is 0 Å². The number of rotatable bonds is 8. The van der Waals surface area contributed by atoms with Crippen LogP contribution in [-0.2, 0) is 9.53 Å². The molecule has 0 unspecified atom stereocenters. The van der Waals surface area contributed by atoms with Crippen molar-refractivity contribution in [1.82, 2.24) is 25.3 Å². The maximum Gasteiger partial charge on any atom is 0.324 e. The average molecular weight is 510 g/mol. The largest absolute Gasteiger partial charge is 0.379 e. The molecular weight excluding hydrogens is 466 g/mol. The number of ether oxygens (including phenoxy) is 1. The van der Waals surface area contributed by atoms with Gasteiger partial charge in [0.25, 0.3) is 0 Å². The molecule has 4 rings (SSSR count). The number of imide groups is 1. The Balaban J connectivity index is 1.51. The first-order chi connectivity index (χ1) is 18.0. The molecule has 3 aliphatic heterocycles. The molecule has 2 fully saturated rings. The lowest BCUT2D eigenvalue weighted by Gasteiger charge is -2.45. The Morgan fingerprint density at radius 2 is 2.14 bits per heavy atom. The van der Waals surface area contributed by atoms with E-state index in [9.17, 15) is 9.59 Å². The van der Waals surface area contributed by atoms with Gasteiger partial charge in [0, 0.05) is 70.2 Å². The summed E-state index contributed by atoms with van der Waals surface area (Å²) in [5, 5.41) is 6.24. The van der Waals surface area contributed by atoms with Gasteiger partial charge in [0.2, 0.25) is 5.91 Å². The Bertz CT molecular complexity index is 949. The summed E-state index contributed by atoms with van der Waals surface area (Å²) >= 11 is 0. The van der Waals surface area contributed by atoms with E-state index >= 15 is 0 Å². The van der Waals surface area contributed by atoms with Crippen LogP contribution in [0.4, 0.5) is 4.79 Å². The van der Waals surface area contributed by atoms with Gasteiger partial charge in [-0.3, -0.25) is 19.5 Å². The van der Waals surface area contributed by atoms with Gasteiger partial charge < -0.3 is 15.4 Å². The number of carbonyl (C=O) groups excluding carboxylic acids is 2. The summed E-state index contributed by atoms with van der Waals surface area (Å²) in [5.74, 6) is -0.236. The molecule has 4 aliphatic rings. The second-order valence-electron chi connectivity index (χ2n) is 10.4. The third kappa shape index (κ3) is 7.00. The van der Waals surface area contributed by atoms with Crippen LogP contribution in [0.5, 0.6) is 0 Å². The van der Waals surface area contributed by atoms with Crippen LogP contribution >= 0.6 is 0 Å². The molecule has 2 N–H and O–H groups in total. The highest BCUT2D eigenvalue weighted by Gasteiger charge is 2.42. The Labute approximate surface area is 221 Å². The third-order valence-electron chi connectivity index (χ3n) is 7.87. The Hall–Kier alpha value is -2.68. The molecular formula is C29H43N5O3. The first-order valence-electron chi connectivity index (χ1n) is 13.7. The van der Waals surface area contributed by atoms with Crippen molar-refractivity contribution in [1.29, 1.82) is 0 Å². The van der Waals surface area contributed by atoms with Gasteiger partial charge in [0.15, 0.2) is 0 Å². The van der Waals surface area contributed by atoms with Gasteiger partial charge >= 0.3 is 6.03 Å². The van der Waals surface area contributed by atoms with Crippen LogP contribution in [0.25, 0.3) is 0 Å². The highest BCUT2D eigenvalue weighted by atomic mass is 16.5. The fourth-order valence-corrected chi connectivity index (χ4v) is 5.95. The van der Waals surface area contributed by atoms with Crippen LogP contribution < -0.4 is 10.6 Å². The minimum atomic E-state index is -0.295. The molecule has 3 amide bonds. The monoisotopic (exact) mass is 509 g/mol. The van der Waals surface area contributed by atoms with Crippen molar-refractivity contribution in [2.45, 2.75) is 38.6 Å². The van der Waals surface area contributed by atoms with Crippen LogP contribution in [0.15, 0.2) is 60.5 Å². The van der Waals surface area contributed by atoms with Crippen molar-refractivity contribution in [2.75, 3.05) is 59.0 Å². The second-order valence-corrected chi connectivity index (χ2v) is 10.4. The standard InChI is InChI=1S/C29H43N5O3/c1-4-10-33-21-24(19-26-22(3)8-6-9-25-17-23(20-31-25)18-27(26)33)28(35)34(29(36)30-5-2)12-7-11-32-13-15-37-16-14-32/h4,6,8-9,20,24,26-27,31H,1,3,5,7,10-19,21H2,2H3,(H,30,36)/b8-6-,25-9+/t24-,26-,27-/m1/s1. The predicted octanol–water partition coefficient (Wildman–Crippen LogP) is 3.04. The molecule has 0 saturated carbocycles. The van der Waals surface area contributed by atoms with Crippen LogP contribution in [0, 0.1) is 11.8 Å². The first-order valence-corrected chi connectivity index (χ1v) is 13.7. The normalized spacial score (nSPS) is 28.7. The molecule has 8 nitrogen and oxygen atoms in total. The molecule has 3 heterocycles. The number of amides is 3. The lowest BCUT2D eigenvalue weighted by Crippen LogP contribution is -2.55. The molecule has 8 heteroatoms. The molecule has 0 spiro atoms. The number of hydrogen-bond acceptors (Lipinski definition) is 6. The zero-order chi connectivity index (χ0) is 26.2. The van der Waals surface area contributed by atoms with Gasteiger partial charge in [0.1, 0.15) is 0 Å². The van der Waals surface area contributed by atoms with Crippen molar-refractivity contribution >= 4 is 11.9 Å². The second kappa shape index (κ2) is 13.2. The minimum absolute atomic E-state index is 0.0850. The summed E-state index contributed by atoms with van der Waals surface area (Å²) in [6.07, 6.45) is 13.6. The summed E-state index contributed by atoms with van der Waals surface area (Å²) in [7, 11) is 0. The summed E-state index contributed by atoms with van der Waals surface area (Å²) in [4.78, 5) is 33.1. The Morgan fingerprint density at radius 1 is 1.32 bits per heavy atom. The topological polar surface area (TPSA) is 77.2 Å². The van der Waals surface area contributed by atoms with Crippen molar-refractivity contribution in [3.05, 3.63) is 60.5 Å². The maximum absolute atomic E-state index is 13.9. The van der Waals surface area contributed by atoms with Gasteiger partial charge in [0.05, 0.1) is 19.1 Å². The van der Waals surface area contributed by atoms with Crippen molar-refractivity contribution in [2.24, 2.45) is 11.8 Å². The van der Waals surface area contributed by atoms with Gasteiger partial charge in [-0.05, 0) is 43.8 Å². The molecule has 202 valence electrons. The maximum atomic E-state index is 13.9. The molecule has 1 aliphatic carbocycles. The lowest BCUT2D eigenvalue weighted by molar-refractivity contribution is -0.135. The van der Waals surface area contributed by atoms with Crippen molar-refractivity contribution in [3.8, 4) is 0 Å². The van der Waals surface area contributed by atoms with E-state index in [1.165, 1.54) is 16.2 Å². The summed E-state index contributed by atoms with van der Waals surface area (Å²) in [6.45, 7) is 16.6. The molecule has 0 aromatic carbocycles. The van der Waals surface area contributed by atoms with E-state index in [0.717, 1.165) is 57.7 Å². The summed E-state index contributed by atoms with van der Waals surface area (Å²) < 4.78 is 5.44. The quantitative estimate of drug-likeness (QED) is 0.490. The summed E-state index contributed by atoms with van der Waals surface area (Å²) in [5.41, 5.74) is 3.61. The number of fused-ring (bicyclic) bond motifs is 3. The van der Waals surface area contributed by atoms with Gasteiger partial charge in [-0.15, -0.1) is 6.58 Å². The van der Waals surface area contributed by atoms with E-state index in [1.54, 1.807) is 0 Å². The Morgan fingerprint density at radius 3 is 2.89 bits per heavy atom. The molecule has 37 heavy (non-hydrogen) atoms. The smallest absolute Gasteiger partial charge is 0.324 e. The van der Waals surface area contributed by atoms with Gasteiger partial charge in [-0.1, -0.05) is 30.4 Å². The van der Waals surface area contributed by atoms with Crippen LogP contribution in [-0.4, -0.2) is 91.7 Å². The number of urea groups is 1.